The molecule has 0 aliphatic carbocycles. The highest BCUT2D eigenvalue weighted by Gasteiger charge is 2.23. The van der Waals surface area contributed by atoms with Crippen molar-refractivity contribution in [3.63, 3.8) is 0 Å². The van der Waals surface area contributed by atoms with Crippen molar-refractivity contribution in [1.82, 2.24) is 9.88 Å². The number of carbonyl (C=O) groups is 1. The van der Waals surface area contributed by atoms with Gasteiger partial charge in [0, 0.05) is 29.7 Å². The van der Waals surface area contributed by atoms with Gasteiger partial charge in [-0.1, -0.05) is 12.1 Å². The zero-order chi connectivity index (χ0) is 16.9. The topological polar surface area (TPSA) is 71.2 Å². The fourth-order valence-corrected chi connectivity index (χ4v) is 3.80. The quantitative estimate of drug-likeness (QED) is 0.845. The second kappa shape index (κ2) is 7.77. The molecule has 1 saturated heterocycles. The van der Waals surface area contributed by atoms with E-state index in [4.69, 9.17) is 5.73 Å². The Morgan fingerprint density at radius 2 is 2.25 bits per heavy atom. The van der Waals surface area contributed by atoms with Crippen molar-refractivity contribution in [3.8, 4) is 0 Å². The van der Waals surface area contributed by atoms with Gasteiger partial charge in [0.05, 0.1) is 6.04 Å². The maximum Gasteiger partial charge on any atom is 0.220 e. The molecule has 0 spiro atoms. The molecule has 1 unspecified atom stereocenters. The van der Waals surface area contributed by atoms with E-state index in [0.29, 0.717) is 0 Å². The zero-order valence-corrected chi connectivity index (χ0v) is 14.8. The van der Waals surface area contributed by atoms with Gasteiger partial charge in [-0.3, -0.25) is 9.69 Å². The summed E-state index contributed by atoms with van der Waals surface area (Å²) in [5.74, 6) is -0.106. The number of rotatable bonds is 6. The predicted molar refractivity (Wildman–Crippen MR) is 97.8 cm³/mol. The van der Waals surface area contributed by atoms with Crippen LogP contribution in [0, 0.1) is 5.92 Å². The molecule has 2 aromatic rings. The number of hydrogen-bond acceptors (Lipinski definition) is 5. The minimum absolute atomic E-state index is 0.0494. The minimum Gasteiger partial charge on any atom is -0.376 e. The number of thiazole rings is 1. The number of benzene rings is 1. The highest BCUT2D eigenvalue weighted by atomic mass is 32.1. The number of nitrogens with one attached hydrogen (secondary N) is 1. The minimum atomic E-state index is -0.156. The van der Waals surface area contributed by atoms with Crippen molar-refractivity contribution in [2.75, 3.05) is 18.4 Å². The first-order chi connectivity index (χ1) is 11.6. The lowest BCUT2D eigenvalue weighted by molar-refractivity contribution is -0.123. The van der Waals surface area contributed by atoms with Crippen molar-refractivity contribution < 1.29 is 4.79 Å². The summed E-state index contributed by atoms with van der Waals surface area (Å²) in [6, 6.07) is 8.73. The molecule has 3 rings (SSSR count). The molecule has 1 atom stereocenters. The van der Waals surface area contributed by atoms with Gasteiger partial charge in [-0.25, -0.2) is 4.98 Å². The van der Waals surface area contributed by atoms with Gasteiger partial charge in [0.1, 0.15) is 5.01 Å². The van der Waals surface area contributed by atoms with E-state index in [2.05, 4.69) is 46.4 Å². The molecule has 1 aromatic carbocycles. The van der Waals surface area contributed by atoms with Crippen molar-refractivity contribution in [3.05, 3.63) is 46.4 Å². The molecule has 0 saturated carbocycles. The fraction of sp³-hybridized carbons (Fsp3) is 0.444. The number of amides is 1. The van der Waals surface area contributed by atoms with E-state index in [1.54, 1.807) is 11.3 Å². The van der Waals surface area contributed by atoms with Crippen molar-refractivity contribution in [1.29, 1.82) is 0 Å². The number of nitrogens with zero attached hydrogens (tertiary/aromatic N) is 2. The lowest BCUT2D eigenvalue weighted by Gasteiger charge is -2.30. The number of likely N-dealkylation sites (tertiary alicyclic amines) is 1. The molecule has 1 aromatic heterocycles. The second-order valence-corrected chi connectivity index (χ2v) is 7.32. The molecule has 1 amide bonds. The maximum absolute atomic E-state index is 11.3. The molecule has 1 aliphatic heterocycles. The van der Waals surface area contributed by atoms with Crippen LogP contribution < -0.4 is 11.1 Å². The smallest absolute Gasteiger partial charge is 0.220 e. The van der Waals surface area contributed by atoms with Gasteiger partial charge in [-0.15, -0.1) is 11.3 Å². The summed E-state index contributed by atoms with van der Waals surface area (Å²) in [4.78, 5) is 18.0. The van der Waals surface area contributed by atoms with Crippen LogP contribution in [-0.4, -0.2) is 28.9 Å². The van der Waals surface area contributed by atoms with Gasteiger partial charge in [0.15, 0.2) is 0 Å². The first-order valence-electron chi connectivity index (χ1n) is 8.38. The summed E-state index contributed by atoms with van der Waals surface area (Å²) < 4.78 is 0. The summed E-state index contributed by atoms with van der Waals surface area (Å²) in [6.07, 6.45) is 3.58. The Morgan fingerprint density at radius 3 is 2.92 bits per heavy atom. The number of piperidine rings is 1. The molecule has 0 radical (unpaired) electrons. The Balaban J connectivity index is 1.57. The number of nitrogens with two attached hydrogens (primary N) is 1. The fourth-order valence-electron chi connectivity index (χ4n) is 3.15. The van der Waals surface area contributed by atoms with Crippen LogP contribution in [0.2, 0.25) is 0 Å². The normalized spacial score (nSPS) is 17.5. The average Bonchev–Trinajstić information content (AvgIpc) is 3.10. The molecule has 0 bridgehead atoms. The van der Waals surface area contributed by atoms with Gasteiger partial charge >= 0.3 is 0 Å². The van der Waals surface area contributed by atoms with E-state index < -0.39 is 0 Å². The van der Waals surface area contributed by atoms with Gasteiger partial charge in [0.2, 0.25) is 5.91 Å². The van der Waals surface area contributed by atoms with E-state index >= 15 is 0 Å². The van der Waals surface area contributed by atoms with Crippen LogP contribution in [-0.2, 0) is 11.3 Å². The molecule has 24 heavy (non-hydrogen) atoms. The molecule has 5 nitrogen and oxygen atoms in total. The summed E-state index contributed by atoms with van der Waals surface area (Å²) in [5, 5.41) is 6.60. The van der Waals surface area contributed by atoms with Gasteiger partial charge in [-0.2, -0.15) is 0 Å². The SMILES string of the molecule is CC(Nc1cccc(CN2CCC(C(N)=O)CC2)c1)c1nccs1. The average molecular weight is 344 g/mol. The van der Waals surface area contributed by atoms with Crippen LogP contribution in [0.25, 0.3) is 0 Å². The van der Waals surface area contributed by atoms with Crippen LogP contribution in [0.15, 0.2) is 35.8 Å². The van der Waals surface area contributed by atoms with Crippen LogP contribution in [0.5, 0.6) is 0 Å². The Kier molecular flexibility index (Phi) is 5.48. The molecule has 2 heterocycles. The number of hydrogen-bond donors (Lipinski definition) is 2. The monoisotopic (exact) mass is 344 g/mol. The maximum atomic E-state index is 11.3. The first kappa shape index (κ1) is 16.9. The van der Waals surface area contributed by atoms with E-state index in [1.165, 1.54) is 5.56 Å². The highest BCUT2D eigenvalue weighted by molar-refractivity contribution is 7.09. The summed E-state index contributed by atoms with van der Waals surface area (Å²) in [5.41, 5.74) is 7.80. The second-order valence-electron chi connectivity index (χ2n) is 6.39. The zero-order valence-electron chi connectivity index (χ0n) is 13.9. The molecule has 3 N–H and O–H groups in total. The van der Waals surface area contributed by atoms with E-state index in [-0.39, 0.29) is 17.9 Å². The summed E-state index contributed by atoms with van der Waals surface area (Å²) in [7, 11) is 0. The lowest BCUT2D eigenvalue weighted by atomic mass is 9.96. The Bertz CT molecular complexity index is 665. The molecular weight excluding hydrogens is 320 g/mol. The number of carbonyl (C=O) groups excluding carboxylic acids is 1. The molecular formula is C18H24N4OS. The molecule has 1 aliphatic rings. The predicted octanol–water partition coefficient (Wildman–Crippen LogP) is 3.01. The number of aromatic nitrogens is 1. The molecule has 128 valence electrons. The summed E-state index contributed by atoms with van der Waals surface area (Å²) >= 11 is 1.67. The third-order valence-corrected chi connectivity index (χ3v) is 5.49. The van der Waals surface area contributed by atoms with Gasteiger partial charge in [0.25, 0.3) is 0 Å². The van der Waals surface area contributed by atoms with E-state index in [0.717, 1.165) is 43.2 Å². The Morgan fingerprint density at radius 1 is 1.46 bits per heavy atom. The van der Waals surface area contributed by atoms with Crippen molar-refractivity contribution in [2.24, 2.45) is 11.7 Å². The third-order valence-electron chi connectivity index (χ3n) is 4.53. The molecule has 1 fully saturated rings. The lowest BCUT2D eigenvalue weighted by Crippen LogP contribution is -2.38. The van der Waals surface area contributed by atoms with E-state index in [1.807, 2.05) is 11.6 Å². The van der Waals surface area contributed by atoms with E-state index in [9.17, 15) is 4.79 Å². The first-order valence-corrected chi connectivity index (χ1v) is 9.26. The largest absolute Gasteiger partial charge is 0.376 e. The summed E-state index contributed by atoms with van der Waals surface area (Å²) in [6.45, 7) is 4.90. The Hall–Kier alpha value is -1.92. The van der Waals surface area contributed by atoms with Crippen molar-refractivity contribution >= 4 is 22.9 Å². The number of anilines is 1. The third kappa shape index (κ3) is 4.33. The van der Waals surface area contributed by atoms with Crippen LogP contribution in [0.3, 0.4) is 0 Å². The van der Waals surface area contributed by atoms with Crippen molar-refractivity contribution in [2.45, 2.75) is 32.4 Å². The van der Waals surface area contributed by atoms with Crippen LogP contribution >= 0.6 is 11.3 Å². The Labute approximate surface area is 146 Å². The highest BCUT2D eigenvalue weighted by Crippen LogP contribution is 2.23. The standard InChI is InChI=1S/C18H24N4OS/c1-13(18-20-7-10-24-18)21-16-4-2-3-14(11-16)12-22-8-5-15(6-9-22)17(19)23/h2-4,7,10-11,13,15,21H,5-6,8-9,12H2,1H3,(H2,19,23). The number of primary amides is 1. The van der Waals surface area contributed by atoms with Crippen LogP contribution in [0.4, 0.5) is 5.69 Å². The van der Waals surface area contributed by atoms with Gasteiger partial charge in [-0.05, 0) is 50.6 Å². The molecule has 6 heteroatoms. The van der Waals surface area contributed by atoms with Crippen LogP contribution in [0.1, 0.15) is 36.4 Å². The van der Waals surface area contributed by atoms with Gasteiger partial charge < -0.3 is 11.1 Å².